The first-order valence-corrected chi connectivity index (χ1v) is 7.68. The molecule has 21 heavy (non-hydrogen) atoms. The van der Waals surface area contributed by atoms with Crippen LogP contribution in [0.5, 0.6) is 0 Å². The fourth-order valence-electron chi connectivity index (χ4n) is 3.64. The van der Waals surface area contributed by atoms with Crippen molar-refractivity contribution in [3.63, 3.8) is 0 Å². The predicted molar refractivity (Wildman–Crippen MR) is 78.0 cm³/mol. The lowest BCUT2D eigenvalue weighted by molar-refractivity contribution is -0.144. The quantitative estimate of drug-likeness (QED) is 0.923. The Hall–Kier alpha value is -1.57. The van der Waals surface area contributed by atoms with E-state index in [0.717, 1.165) is 51.1 Å². The Morgan fingerprint density at radius 3 is 2.81 bits per heavy atom. The summed E-state index contributed by atoms with van der Waals surface area (Å²) in [6.45, 7) is 3.49. The molecule has 1 aromatic carbocycles. The maximum absolute atomic E-state index is 11.6. The Bertz CT molecular complexity index is 470. The normalized spacial score (nSPS) is 30.6. The zero-order valence-corrected chi connectivity index (χ0v) is 12.1. The van der Waals surface area contributed by atoms with Crippen LogP contribution in [0.2, 0.25) is 0 Å². The fourth-order valence-corrected chi connectivity index (χ4v) is 3.64. The fraction of sp³-hybridized carbons (Fsp3) is 0.588. The van der Waals surface area contributed by atoms with Crippen molar-refractivity contribution in [1.82, 2.24) is 4.90 Å². The highest BCUT2D eigenvalue weighted by molar-refractivity contribution is 5.71. The smallest absolute Gasteiger partial charge is 0.307 e. The van der Waals surface area contributed by atoms with Gasteiger partial charge in [0.25, 0.3) is 0 Å². The van der Waals surface area contributed by atoms with E-state index in [4.69, 9.17) is 4.74 Å². The van der Waals surface area contributed by atoms with E-state index in [2.05, 4.69) is 17.0 Å². The van der Waals surface area contributed by atoms with E-state index in [-0.39, 0.29) is 11.8 Å². The number of ether oxygens (including phenoxy) is 1. The van der Waals surface area contributed by atoms with Crippen LogP contribution in [0.25, 0.3) is 0 Å². The second-order valence-electron chi connectivity index (χ2n) is 5.92. The van der Waals surface area contributed by atoms with Gasteiger partial charge in [-0.25, -0.2) is 0 Å². The molecule has 4 nitrogen and oxygen atoms in total. The molecule has 1 aromatic rings. The molecule has 1 heterocycles. The number of hydrogen-bond donors (Lipinski definition) is 1. The van der Waals surface area contributed by atoms with Gasteiger partial charge >= 0.3 is 5.97 Å². The molecule has 1 aliphatic heterocycles. The van der Waals surface area contributed by atoms with E-state index in [1.807, 2.05) is 18.2 Å². The largest absolute Gasteiger partial charge is 0.481 e. The average Bonchev–Trinajstić information content (AvgIpc) is 2.56. The average molecular weight is 287 g/mol. The van der Waals surface area contributed by atoms with Crippen LogP contribution < -0.4 is 0 Å². The number of nitrogens with zero attached hydrogens (tertiary/aromatic N) is 1. The van der Waals surface area contributed by atoms with Crippen molar-refractivity contribution in [2.75, 3.05) is 26.3 Å². The first-order valence-electron chi connectivity index (χ1n) is 7.68. The van der Waals surface area contributed by atoms with Gasteiger partial charge in [-0.15, -0.1) is 0 Å². The lowest BCUT2D eigenvalue weighted by Gasteiger charge is -2.41. The number of morpholine rings is 1. The number of carboxylic acid groups (broad SMARTS) is 1. The molecule has 0 aromatic heterocycles. The van der Waals surface area contributed by atoms with Crippen molar-refractivity contribution >= 4 is 5.97 Å². The summed E-state index contributed by atoms with van der Waals surface area (Å²) in [5, 5.41) is 9.51. The second kappa shape index (κ2) is 6.46. The molecule has 1 saturated carbocycles. The third-order valence-corrected chi connectivity index (χ3v) is 4.77. The highest BCUT2D eigenvalue weighted by Crippen LogP contribution is 2.39. The summed E-state index contributed by atoms with van der Waals surface area (Å²) in [6.07, 6.45) is 2.60. The van der Waals surface area contributed by atoms with Gasteiger partial charge in [0.1, 0.15) is 0 Å². The van der Waals surface area contributed by atoms with Gasteiger partial charge in [-0.05, 0) is 31.4 Å². The van der Waals surface area contributed by atoms with Crippen LogP contribution in [-0.2, 0) is 9.53 Å². The molecule has 4 heteroatoms. The Labute approximate surface area is 125 Å². The van der Waals surface area contributed by atoms with Gasteiger partial charge in [0.15, 0.2) is 0 Å². The van der Waals surface area contributed by atoms with Crippen LogP contribution >= 0.6 is 0 Å². The summed E-state index contributed by atoms with van der Waals surface area (Å²) in [6, 6.07) is 12.2. The van der Waals surface area contributed by atoms with Crippen LogP contribution in [0.1, 0.15) is 30.7 Å². The number of aliphatic carboxylic acids is 1. The zero-order valence-electron chi connectivity index (χ0n) is 12.1. The molecule has 0 amide bonds. The van der Waals surface area contributed by atoms with E-state index in [9.17, 15) is 9.90 Å². The number of carbonyl (C=O) groups is 1. The minimum atomic E-state index is -0.683. The molecule has 0 spiro atoms. The monoisotopic (exact) mass is 287 g/mol. The summed E-state index contributed by atoms with van der Waals surface area (Å²) < 4.78 is 5.41. The van der Waals surface area contributed by atoms with Crippen molar-refractivity contribution in [3.8, 4) is 0 Å². The summed E-state index contributed by atoms with van der Waals surface area (Å²) in [4.78, 5) is 14.0. The summed E-state index contributed by atoms with van der Waals surface area (Å²) >= 11 is 0. The Kier molecular flexibility index (Phi) is 4.42. The van der Waals surface area contributed by atoms with Crippen LogP contribution in [0.3, 0.4) is 0 Å². The summed E-state index contributed by atoms with van der Waals surface area (Å²) in [5.74, 6) is -0.937. The minimum Gasteiger partial charge on any atom is -0.481 e. The summed E-state index contributed by atoms with van der Waals surface area (Å²) in [5.41, 5.74) is 0.989. The van der Waals surface area contributed by atoms with Crippen molar-refractivity contribution in [2.24, 2.45) is 5.92 Å². The Balaban J connectivity index is 1.77. The van der Waals surface area contributed by atoms with Crippen LogP contribution in [0, 0.1) is 18.1 Å². The predicted octanol–water partition coefficient (Wildman–Crippen LogP) is 1.96. The lowest BCUT2D eigenvalue weighted by atomic mass is 9.73. The van der Waals surface area contributed by atoms with Gasteiger partial charge in [-0.3, -0.25) is 9.69 Å². The van der Waals surface area contributed by atoms with E-state index in [1.165, 1.54) is 0 Å². The third-order valence-electron chi connectivity index (χ3n) is 4.77. The van der Waals surface area contributed by atoms with Gasteiger partial charge in [-0.1, -0.05) is 18.2 Å². The van der Waals surface area contributed by atoms with Gasteiger partial charge in [0, 0.05) is 30.6 Å². The van der Waals surface area contributed by atoms with Crippen LogP contribution in [0.4, 0.5) is 0 Å². The molecule has 3 atom stereocenters. The van der Waals surface area contributed by atoms with E-state index in [0.29, 0.717) is 6.04 Å². The van der Waals surface area contributed by atoms with Crippen LogP contribution in [-0.4, -0.2) is 48.3 Å². The molecule has 2 aliphatic rings. The van der Waals surface area contributed by atoms with Crippen molar-refractivity contribution < 1.29 is 14.6 Å². The van der Waals surface area contributed by atoms with Gasteiger partial charge in [-0.2, -0.15) is 0 Å². The molecule has 0 unspecified atom stereocenters. The topological polar surface area (TPSA) is 49.8 Å². The molecule has 1 N–H and O–H groups in total. The molecule has 2 fully saturated rings. The lowest BCUT2D eigenvalue weighted by Crippen LogP contribution is -2.47. The summed E-state index contributed by atoms with van der Waals surface area (Å²) in [7, 11) is 0. The van der Waals surface area contributed by atoms with Gasteiger partial charge in [0.05, 0.1) is 19.1 Å². The minimum absolute atomic E-state index is 0.0431. The SMILES string of the molecule is O=C(O)[C@@H]1CC[C@@H](N2CCOCC2)C[C@H]1c1c#cccc1. The molecule has 112 valence electrons. The highest BCUT2D eigenvalue weighted by atomic mass is 16.5. The van der Waals surface area contributed by atoms with E-state index in [1.54, 1.807) is 0 Å². The first-order chi connectivity index (χ1) is 10.3. The number of hydrogen-bond acceptors (Lipinski definition) is 3. The standard InChI is InChI=1S/C17H21NO3/c19-17(20)15-7-6-14(18-8-10-21-11-9-18)12-16(15)13-4-2-1-3-5-13/h1-2,4,14-16H,6-12H2,(H,19,20)/t14-,15-,16+/m1/s1. The van der Waals surface area contributed by atoms with Crippen molar-refractivity contribution in [2.45, 2.75) is 31.2 Å². The number of rotatable bonds is 3. The molecular weight excluding hydrogens is 266 g/mol. The van der Waals surface area contributed by atoms with Gasteiger partial charge < -0.3 is 9.84 Å². The second-order valence-corrected chi connectivity index (χ2v) is 5.92. The molecule has 0 bridgehead atoms. The van der Waals surface area contributed by atoms with Gasteiger partial charge in [0.2, 0.25) is 0 Å². The third kappa shape index (κ3) is 3.20. The maximum atomic E-state index is 11.6. The zero-order chi connectivity index (χ0) is 14.7. The Morgan fingerprint density at radius 2 is 2.14 bits per heavy atom. The van der Waals surface area contributed by atoms with Crippen LogP contribution in [0.15, 0.2) is 18.2 Å². The highest BCUT2D eigenvalue weighted by Gasteiger charge is 2.38. The van der Waals surface area contributed by atoms with E-state index >= 15 is 0 Å². The molecule has 1 saturated heterocycles. The number of carboxylic acids is 1. The van der Waals surface area contributed by atoms with Crippen molar-refractivity contribution in [3.05, 3.63) is 35.9 Å². The first kappa shape index (κ1) is 14.4. The molecule has 0 radical (unpaired) electrons. The van der Waals surface area contributed by atoms with Crippen molar-refractivity contribution in [1.29, 1.82) is 0 Å². The maximum Gasteiger partial charge on any atom is 0.307 e. The molecular formula is C17H21NO3. The van der Waals surface area contributed by atoms with E-state index < -0.39 is 5.97 Å². The Morgan fingerprint density at radius 1 is 1.33 bits per heavy atom. The molecule has 1 aliphatic carbocycles. The molecule has 3 rings (SSSR count).